The highest BCUT2D eigenvalue weighted by Crippen LogP contribution is 2.33. The number of aliphatic imine (C=N–C) groups is 1. The first-order valence-corrected chi connectivity index (χ1v) is 4.83. The van der Waals surface area contributed by atoms with Gasteiger partial charge in [-0.1, -0.05) is 11.8 Å². The predicted molar refractivity (Wildman–Crippen MR) is 52.6 cm³/mol. The van der Waals surface area contributed by atoms with E-state index < -0.39 is 0 Å². The van der Waals surface area contributed by atoms with Gasteiger partial charge in [-0.15, -0.1) is 0 Å². The van der Waals surface area contributed by atoms with Gasteiger partial charge in [-0.05, 0) is 5.41 Å². The molecule has 0 radical (unpaired) electrons. The lowest BCUT2D eigenvalue weighted by Crippen LogP contribution is -2.27. The zero-order valence-electron chi connectivity index (χ0n) is 6.66. The summed E-state index contributed by atoms with van der Waals surface area (Å²) in [5.41, 5.74) is 1.12. The van der Waals surface area contributed by atoms with E-state index in [0.717, 1.165) is 11.4 Å². The second-order valence-corrected chi connectivity index (χ2v) is 3.70. The molecule has 3 heterocycles. The van der Waals surface area contributed by atoms with Gasteiger partial charge in [0.15, 0.2) is 5.50 Å². The molecule has 1 atom stereocenters. The minimum Gasteiger partial charge on any atom is -0.300 e. The van der Waals surface area contributed by atoms with Crippen molar-refractivity contribution in [1.82, 2.24) is 9.97 Å². The molecular formula is C8H6N4S. The van der Waals surface area contributed by atoms with Crippen molar-refractivity contribution < 1.29 is 0 Å². The van der Waals surface area contributed by atoms with Crippen LogP contribution in [0.25, 0.3) is 0 Å². The number of nitrogens with zero attached hydrogens (tertiary/aromatic N) is 4. The SMILES string of the molecule is C1=CN2c3ncncc3C=NC2S1. The highest BCUT2D eigenvalue weighted by atomic mass is 32.2. The zero-order chi connectivity index (χ0) is 8.67. The number of thioether (sulfide) groups is 1. The van der Waals surface area contributed by atoms with Crippen molar-refractivity contribution >= 4 is 23.8 Å². The van der Waals surface area contributed by atoms with Gasteiger partial charge >= 0.3 is 0 Å². The average molecular weight is 190 g/mol. The summed E-state index contributed by atoms with van der Waals surface area (Å²) in [6, 6.07) is 0. The molecule has 64 valence electrons. The van der Waals surface area contributed by atoms with Gasteiger partial charge in [0.1, 0.15) is 12.1 Å². The van der Waals surface area contributed by atoms with Gasteiger partial charge in [0, 0.05) is 18.6 Å². The molecule has 0 amide bonds. The molecule has 1 aromatic rings. The highest BCUT2D eigenvalue weighted by Gasteiger charge is 2.26. The van der Waals surface area contributed by atoms with Gasteiger partial charge in [-0.25, -0.2) is 9.97 Å². The molecule has 2 aliphatic rings. The standard InChI is InChI=1S/C8H6N4S/c1-2-13-8-10-4-6-3-9-5-11-7(6)12(1)8/h1-5,8H. The zero-order valence-corrected chi connectivity index (χ0v) is 7.48. The van der Waals surface area contributed by atoms with E-state index in [0.29, 0.717) is 0 Å². The summed E-state index contributed by atoms with van der Waals surface area (Å²) in [6.45, 7) is 0. The lowest BCUT2D eigenvalue weighted by molar-refractivity contribution is 0.885. The Morgan fingerprint density at radius 1 is 1.46 bits per heavy atom. The van der Waals surface area contributed by atoms with Crippen LogP contribution >= 0.6 is 11.8 Å². The summed E-state index contributed by atoms with van der Waals surface area (Å²) in [7, 11) is 0. The van der Waals surface area contributed by atoms with Gasteiger partial charge in [0.05, 0.1) is 5.56 Å². The number of anilines is 1. The topological polar surface area (TPSA) is 41.4 Å². The molecule has 2 aliphatic heterocycles. The Kier molecular flexibility index (Phi) is 1.40. The fourth-order valence-electron chi connectivity index (χ4n) is 1.38. The van der Waals surface area contributed by atoms with Crippen LogP contribution in [-0.4, -0.2) is 21.7 Å². The van der Waals surface area contributed by atoms with E-state index in [1.807, 2.05) is 22.7 Å². The van der Waals surface area contributed by atoms with E-state index >= 15 is 0 Å². The monoisotopic (exact) mass is 190 g/mol. The fourth-order valence-corrected chi connectivity index (χ4v) is 2.15. The molecular weight excluding hydrogens is 184 g/mol. The fraction of sp³-hybridized carbons (Fsp3) is 0.125. The molecule has 3 rings (SSSR count). The molecule has 4 nitrogen and oxygen atoms in total. The number of hydrogen-bond acceptors (Lipinski definition) is 5. The van der Waals surface area contributed by atoms with Gasteiger partial charge in [0.2, 0.25) is 0 Å². The Hall–Kier alpha value is -1.36. The molecule has 0 aromatic carbocycles. The second-order valence-electron chi connectivity index (χ2n) is 2.73. The molecule has 5 heteroatoms. The van der Waals surface area contributed by atoms with Gasteiger partial charge in [0.25, 0.3) is 0 Å². The van der Waals surface area contributed by atoms with Crippen molar-refractivity contribution in [3.05, 3.63) is 29.7 Å². The van der Waals surface area contributed by atoms with E-state index in [9.17, 15) is 0 Å². The highest BCUT2D eigenvalue weighted by molar-refractivity contribution is 8.03. The lowest BCUT2D eigenvalue weighted by atomic mass is 10.3. The Morgan fingerprint density at radius 2 is 2.46 bits per heavy atom. The maximum absolute atomic E-state index is 4.35. The van der Waals surface area contributed by atoms with Crippen molar-refractivity contribution in [2.24, 2.45) is 4.99 Å². The minimum absolute atomic E-state index is 0.141. The van der Waals surface area contributed by atoms with E-state index in [4.69, 9.17) is 0 Å². The van der Waals surface area contributed by atoms with Crippen LogP contribution in [0.4, 0.5) is 5.82 Å². The van der Waals surface area contributed by atoms with Gasteiger partial charge in [-0.3, -0.25) is 9.89 Å². The molecule has 0 fully saturated rings. The summed E-state index contributed by atoms with van der Waals surface area (Å²) in [5.74, 6) is 0.941. The van der Waals surface area contributed by atoms with Crippen LogP contribution in [0.2, 0.25) is 0 Å². The smallest absolute Gasteiger partial charge is 0.177 e. The quantitative estimate of drug-likeness (QED) is 0.616. The van der Waals surface area contributed by atoms with Crippen LogP contribution in [0.3, 0.4) is 0 Å². The van der Waals surface area contributed by atoms with Crippen molar-refractivity contribution in [3.63, 3.8) is 0 Å². The molecule has 0 saturated carbocycles. The first-order chi connectivity index (χ1) is 6.45. The second kappa shape index (κ2) is 2.56. The average Bonchev–Trinajstić information content (AvgIpc) is 2.65. The van der Waals surface area contributed by atoms with Crippen LogP contribution in [0, 0.1) is 0 Å². The van der Waals surface area contributed by atoms with E-state index in [-0.39, 0.29) is 5.50 Å². The molecule has 0 saturated heterocycles. The van der Waals surface area contributed by atoms with Crippen molar-refractivity contribution in [2.45, 2.75) is 5.50 Å². The summed E-state index contributed by atoms with van der Waals surface area (Å²) >= 11 is 1.68. The van der Waals surface area contributed by atoms with Crippen molar-refractivity contribution in [2.75, 3.05) is 4.90 Å². The van der Waals surface area contributed by atoms with Crippen LogP contribution in [0.1, 0.15) is 5.56 Å². The third kappa shape index (κ3) is 0.968. The Labute approximate surface area is 79.4 Å². The van der Waals surface area contributed by atoms with Crippen LogP contribution in [0.15, 0.2) is 29.1 Å². The maximum Gasteiger partial charge on any atom is 0.177 e. The molecule has 13 heavy (non-hydrogen) atoms. The van der Waals surface area contributed by atoms with E-state index in [1.54, 1.807) is 24.3 Å². The largest absolute Gasteiger partial charge is 0.300 e. The number of rotatable bonds is 0. The third-order valence-electron chi connectivity index (χ3n) is 1.96. The number of hydrogen-bond donors (Lipinski definition) is 0. The first-order valence-electron chi connectivity index (χ1n) is 3.89. The van der Waals surface area contributed by atoms with Crippen molar-refractivity contribution in [3.8, 4) is 0 Å². The Bertz CT molecular complexity index is 401. The van der Waals surface area contributed by atoms with Crippen LogP contribution in [0.5, 0.6) is 0 Å². The molecule has 1 aromatic heterocycles. The predicted octanol–water partition coefficient (Wildman–Crippen LogP) is 1.22. The lowest BCUT2D eigenvalue weighted by Gasteiger charge is -2.24. The molecule has 0 bridgehead atoms. The van der Waals surface area contributed by atoms with Crippen molar-refractivity contribution in [1.29, 1.82) is 0 Å². The summed E-state index contributed by atoms with van der Waals surface area (Å²) in [4.78, 5) is 14.6. The maximum atomic E-state index is 4.35. The van der Waals surface area contributed by atoms with Crippen LogP contribution in [-0.2, 0) is 0 Å². The van der Waals surface area contributed by atoms with E-state index in [1.165, 1.54) is 0 Å². The van der Waals surface area contributed by atoms with Gasteiger partial charge < -0.3 is 0 Å². The molecule has 1 unspecified atom stereocenters. The number of fused-ring (bicyclic) bond motifs is 3. The Balaban J connectivity index is 2.17. The van der Waals surface area contributed by atoms with Gasteiger partial charge in [-0.2, -0.15) is 0 Å². The molecule has 0 spiro atoms. The first kappa shape index (κ1) is 7.08. The summed E-state index contributed by atoms with van der Waals surface area (Å²) in [5, 5.41) is 2.03. The summed E-state index contributed by atoms with van der Waals surface area (Å²) in [6.07, 6.45) is 7.17. The third-order valence-corrected chi connectivity index (χ3v) is 2.84. The van der Waals surface area contributed by atoms with Crippen LogP contribution < -0.4 is 4.90 Å². The van der Waals surface area contributed by atoms with E-state index in [2.05, 4.69) is 15.0 Å². The molecule has 0 N–H and O–H groups in total. The normalized spacial score (nSPS) is 23.1. The summed E-state index contributed by atoms with van der Waals surface area (Å²) < 4.78 is 0. The minimum atomic E-state index is 0.141. The number of aromatic nitrogens is 2. The Morgan fingerprint density at radius 3 is 3.46 bits per heavy atom. The molecule has 0 aliphatic carbocycles.